The minimum atomic E-state index is -3.10. The molecule has 0 aliphatic rings. The molecular weight excluding hydrogens is 204 g/mol. The second-order valence-corrected chi connectivity index (χ2v) is 4.32. The predicted molar refractivity (Wildman–Crippen MR) is 50.4 cm³/mol. The molecule has 0 aliphatic heterocycles. The first kappa shape index (κ1) is 12.0. The minimum absolute atomic E-state index is 0.114. The fraction of sp³-hybridized carbons (Fsp3) is 0.875. The van der Waals surface area contributed by atoms with E-state index in [0.717, 1.165) is 0 Å². The van der Waals surface area contributed by atoms with E-state index >= 15 is 0 Å². The van der Waals surface area contributed by atoms with E-state index in [2.05, 4.69) is 15.4 Å². The first-order valence-corrected chi connectivity index (χ1v) is 4.66. The van der Waals surface area contributed by atoms with Crippen molar-refractivity contribution in [1.82, 2.24) is 20.2 Å². The Morgan fingerprint density at radius 1 is 1.33 bits per heavy atom. The topological polar surface area (TPSA) is 69.6 Å². The summed E-state index contributed by atoms with van der Waals surface area (Å²) in [4.78, 5) is 1.17. The zero-order valence-electron chi connectivity index (χ0n) is 9.04. The van der Waals surface area contributed by atoms with Crippen LogP contribution >= 0.6 is 0 Å². The molecule has 5 nitrogen and oxygen atoms in total. The summed E-state index contributed by atoms with van der Waals surface area (Å²) in [6.07, 6.45) is -0.469. The van der Waals surface area contributed by atoms with Crippen molar-refractivity contribution in [3.63, 3.8) is 0 Å². The summed E-state index contributed by atoms with van der Waals surface area (Å²) in [6.45, 7) is 5.30. The van der Waals surface area contributed by atoms with E-state index in [-0.39, 0.29) is 6.54 Å². The number of rotatable bonds is 3. The molecule has 0 spiro atoms. The molecule has 15 heavy (non-hydrogen) atoms. The smallest absolute Gasteiger partial charge is 0.311 e. The highest BCUT2D eigenvalue weighted by atomic mass is 19.3. The second kappa shape index (κ2) is 3.80. The van der Waals surface area contributed by atoms with Crippen LogP contribution in [-0.4, -0.2) is 26.8 Å². The van der Waals surface area contributed by atoms with Crippen molar-refractivity contribution in [3.05, 3.63) is 5.82 Å². The van der Waals surface area contributed by atoms with Gasteiger partial charge in [-0.25, -0.2) is 0 Å². The molecule has 86 valence electrons. The van der Waals surface area contributed by atoms with E-state index in [9.17, 15) is 8.78 Å². The molecule has 1 aromatic rings. The lowest BCUT2D eigenvalue weighted by Crippen LogP contribution is -2.26. The number of tetrazole rings is 1. The quantitative estimate of drug-likeness (QED) is 0.818. The number of nitrogens with two attached hydrogens (primary N) is 1. The van der Waals surface area contributed by atoms with E-state index in [4.69, 9.17) is 5.73 Å². The fourth-order valence-corrected chi connectivity index (χ4v) is 0.938. The van der Waals surface area contributed by atoms with Crippen LogP contribution in [0.5, 0.6) is 0 Å². The Labute approximate surface area is 86.6 Å². The normalized spacial score (nSPS) is 13.2. The molecule has 1 heterocycles. The number of hydrogen-bond donors (Lipinski definition) is 1. The van der Waals surface area contributed by atoms with Crippen LogP contribution in [0.15, 0.2) is 0 Å². The number of halogens is 2. The third kappa shape index (κ3) is 2.68. The van der Waals surface area contributed by atoms with Crippen LogP contribution in [0.1, 0.15) is 33.0 Å². The summed E-state index contributed by atoms with van der Waals surface area (Å²) in [5.41, 5.74) is 4.63. The van der Waals surface area contributed by atoms with E-state index in [1.165, 1.54) is 4.80 Å². The van der Waals surface area contributed by atoms with Gasteiger partial charge in [-0.1, -0.05) is 0 Å². The number of nitrogens with zero attached hydrogens (tertiary/aromatic N) is 4. The van der Waals surface area contributed by atoms with Gasteiger partial charge in [-0.15, -0.1) is 10.2 Å². The van der Waals surface area contributed by atoms with Gasteiger partial charge >= 0.3 is 5.92 Å². The van der Waals surface area contributed by atoms with Gasteiger partial charge in [-0.2, -0.15) is 13.6 Å². The third-order valence-corrected chi connectivity index (χ3v) is 1.80. The molecule has 0 amide bonds. The predicted octanol–water partition coefficient (Wildman–Crippen LogP) is 0.869. The maximum atomic E-state index is 13.3. The summed E-state index contributed by atoms with van der Waals surface area (Å²) < 4.78 is 26.6. The molecule has 0 fully saturated rings. The molecule has 1 aromatic heterocycles. The van der Waals surface area contributed by atoms with Crippen LogP contribution in [0.4, 0.5) is 8.78 Å². The highest BCUT2D eigenvalue weighted by molar-refractivity contribution is 4.91. The number of alkyl halides is 2. The zero-order valence-corrected chi connectivity index (χ0v) is 9.04. The molecule has 0 aromatic carbocycles. The van der Waals surface area contributed by atoms with Crippen molar-refractivity contribution in [1.29, 1.82) is 0 Å². The first-order valence-electron chi connectivity index (χ1n) is 4.66. The fourth-order valence-electron chi connectivity index (χ4n) is 0.938. The monoisotopic (exact) mass is 219 g/mol. The van der Waals surface area contributed by atoms with Gasteiger partial charge in [-0.05, 0) is 32.5 Å². The summed E-state index contributed by atoms with van der Waals surface area (Å²) in [6, 6.07) is 0. The van der Waals surface area contributed by atoms with Crippen molar-refractivity contribution >= 4 is 0 Å². The maximum absolute atomic E-state index is 13.3. The van der Waals surface area contributed by atoms with Crippen LogP contribution in [-0.2, 0) is 11.5 Å². The van der Waals surface area contributed by atoms with Crippen LogP contribution < -0.4 is 5.73 Å². The van der Waals surface area contributed by atoms with Crippen molar-refractivity contribution in [3.8, 4) is 0 Å². The van der Waals surface area contributed by atoms with E-state index in [1.54, 1.807) is 20.8 Å². The molecule has 0 radical (unpaired) electrons. The standard InChI is InChI=1S/C8H15F2N5/c1-7(2,3)15-13-6(12-14-15)8(9,10)4-5-11/h4-5,11H2,1-3H3. The summed E-state index contributed by atoms with van der Waals surface area (Å²) in [7, 11) is 0. The Morgan fingerprint density at radius 3 is 2.33 bits per heavy atom. The Morgan fingerprint density at radius 2 is 1.93 bits per heavy atom. The van der Waals surface area contributed by atoms with E-state index < -0.39 is 23.7 Å². The molecule has 7 heteroatoms. The molecular formula is C8H15F2N5. The van der Waals surface area contributed by atoms with Crippen LogP contribution in [0.25, 0.3) is 0 Å². The number of aromatic nitrogens is 4. The Balaban J connectivity index is 2.94. The maximum Gasteiger partial charge on any atom is 0.311 e. The molecule has 0 unspecified atom stereocenters. The van der Waals surface area contributed by atoms with Crippen LogP contribution in [0.3, 0.4) is 0 Å². The second-order valence-electron chi connectivity index (χ2n) is 4.32. The average Bonchev–Trinajstić information content (AvgIpc) is 2.50. The van der Waals surface area contributed by atoms with Crippen LogP contribution in [0.2, 0.25) is 0 Å². The number of hydrogen-bond acceptors (Lipinski definition) is 4. The van der Waals surface area contributed by atoms with Crippen molar-refractivity contribution in [2.24, 2.45) is 5.73 Å². The van der Waals surface area contributed by atoms with Gasteiger partial charge in [-0.3, -0.25) is 0 Å². The molecule has 0 saturated carbocycles. The van der Waals surface area contributed by atoms with Gasteiger partial charge < -0.3 is 5.73 Å². The molecule has 0 saturated heterocycles. The van der Waals surface area contributed by atoms with Gasteiger partial charge in [0.15, 0.2) is 0 Å². The van der Waals surface area contributed by atoms with Crippen molar-refractivity contribution in [2.45, 2.75) is 38.7 Å². The van der Waals surface area contributed by atoms with Crippen molar-refractivity contribution in [2.75, 3.05) is 6.54 Å². The third-order valence-electron chi connectivity index (χ3n) is 1.80. The Kier molecular flexibility index (Phi) is 3.03. The molecule has 0 aliphatic carbocycles. The zero-order chi connectivity index (χ0) is 11.7. The summed E-state index contributed by atoms with van der Waals surface area (Å²) in [5.74, 6) is -3.67. The SMILES string of the molecule is CC(C)(C)n1nnc(C(F)(F)CCN)n1. The molecule has 0 atom stereocenters. The van der Waals surface area contributed by atoms with E-state index in [1.807, 2.05) is 0 Å². The highest BCUT2D eigenvalue weighted by Gasteiger charge is 2.36. The van der Waals surface area contributed by atoms with Gasteiger partial charge in [0.1, 0.15) is 0 Å². The lowest BCUT2D eigenvalue weighted by atomic mass is 10.1. The average molecular weight is 219 g/mol. The van der Waals surface area contributed by atoms with Gasteiger partial charge in [0, 0.05) is 6.42 Å². The van der Waals surface area contributed by atoms with Gasteiger partial charge in [0.2, 0.25) is 5.82 Å². The Bertz CT molecular complexity index is 328. The molecule has 1 rings (SSSR count). The Hall–Kier alpha value is -1.11. The molecule has 2 N–H and O–H groups in total. The minimum Gasteiger partial charge on any atom is -0.330 e. The first-order chi connectivity index (χ1) is 6.77. The van der Waals surface area contributed by atoms with Gasteiger partial charge in [0.25, 0.3) is 0 Å². The lowest BCUT2D eigenvalue weighted by molar-refractivity contribution is -0.0204. The largest absolute Gasteiger partial charge is 0.330 e. The lowest BCUT2D eigenvalue weighted by Gasteiger charge is -2.16. The highest BCUT2D eigenvalue weighted by Crippen LogP contribution is 2.27. The molecule has 0 bridgehead atoms. The summed E-state index contributed by atoms with van der Waals surface area (Å²) >= 11 is 0. The van der Waals surface area contributed by atoms with Gasteiger partial charge in [0.05, 0.1) is 5.54 Å². The van der Waals surface area contributed by atoms with Crippen LogP contribution in [0, 0.1) is 0 Å². The summed E-state index contributed by atoms with van der Waals surface area (Å²) in [5, 5.41) is 10.6. The van der Waals surface area contributed by atoms with E-state index in [0.29, 0.717) is 0 Å². The van der Waals surface area contributed by atoms with Crippen molar-refractivity contribution < 1.29 is 8.78 Å².